The molecule has 3 heterocycles. The molecule has 4 rings (SSSR count). The number of hydrogen-bond acceptors (Lipinski definition) is 5. The molecule has 1 aliphatic rings. The lowest BCUT2D eigenvalue weighted by Gasteiger charge is -2.35. The Morgan fingerprint density at radius 2 is 2.13 bits per heavy atom. The van der Waals surface area contributed by atoms with E-state index in [1.165, 1.54) is 30.5 Å². The normalized spacial score (nSPS) is 21.0. The molecule has 0 radical (unpaired) electrons. The van der Waals surface area contributed by atoms with Gasteiger partial charge >= 0.3 is 0 Å². The summed E-state index contributed by atoms with van der Waals surface area (Å²) in [6.07, 6.45) is 3.64. The molecule has 2 unspecified atom stereocenters. The van der Waals surface area contributed by atoms with Gasteiger partial charge in [-0.2, -0.15) is 17.4 Å². The van der Waals surface area contributed by atoms with Crippen LogP contribution < -0.4 is 10.0 Å². The van der Waals surface area contributed by atoms with Crippen LogP contribution in [0.15, 0.2) is 54.2 Å². The van der Waals surface area contributed by atoms with Crippen molar-refractivity contribution in [1.82, 2.24) is 14.0 Å². The molecule has 0 aliphatic carbocycles. The van der Waals surface area contributed by atoms with E-state index in [2.05, 4.69) is 15.0 Å². The highest BCUT2D eigenvalue weighted by molar-refractivity contribution is 7.87. The predicted octanol–water partition coefficient (Wildman–Crippen LogP) is 3.82. The number of benzene rings is 1. The molecule has 0 spiro atoms. The van der Waals surface area contributed by atoms with E-state index in [-0.39, 0.29) is 17.1 Å². The number of hydrogen-bond donors (Lipinski definition) is 2. The zero-order valence-electron chi connectivity index (χ0n) is 16.2. The Hall–Kier alpha value is -2.37. The van der Waals surface area contributed by atoms with Crippen LogP contribution in [0.2, 0.25) is 5.02 Å². The highest BCUT2D eigenvalue weighted by Crippen LogP contribution is 2.35. The number of nitrogens with zero attached hydrogens (tertiary/aromatic N) is 2. The van der Waals surface area contributed by atoms with Crippen LogP contribution in [0.1, 0.15) is 17.3 Å². The minimum atomic E-state index is -3.88. The molecule has 162 valence electrons. The van der Waals surface area contributed by atoms with Gasteiger partial charge in [-0.15, -0.1) is 11.3 Å². The second-order valence-electron chi connectivity index (χ2n) is 7.04. The lowest BCUT2D eigenvalue weighted by molar-refractivity contribution is -0.120. The number of amides is 1. The number of rotatable bonds is 4. The predicted molar refractivity (Wildman–Crippen MR) is 119 cm³/mol. The highest BCUT2D eigenvalue weighted by Gasteiger charge is 2.41. The van der Waals surface area contributed by atoms with E-state index >= 15 is 0 Å². The topological polar surface area (TPSA) is 91.4 Å². The maximum Gasteiger partial charge on any atom is 0.280 e. The number of likely N-dealkylation sites (N-methyl/N-ethyl adjacent to an activating group) is 1. The molecule has 2 aromatic heterocycles. The molecule has 1 aliphatic heterocycles. The monoisotopic (exact) mass is 480 g/mol. The van der Waals surface area contributed by atoms with E-state index in [1.807, 2.05) is 23.6 Å². The lowest BCUT2D eigenvalue weighted by Crippen LogP contribution is -2.55. The van der Waals surface area contributed by atoms with Crippen LogP contribution in [0.25, 0.3) is 11.1 Å². The van der Waals surface area contributed by atoms with Crippen molar-refractivity contribution in [3.8, 4) is 11.1 Å². The van der Waals surface area contributed by atoms with E-state index < -0.39 is 34.0 Å². The number of halogens is 2. The number of pyridine rings is 1. The second kappa shape index (κ2) is 8.64. The van der Waals surface area contributed by atoms with Crippen LogP contribution in [-0.4, -0.2) is 36.7 Å². The Kier molecular flexibility index (Phi) is 6.09. The van der Waals surface area contributed by atoms with Gasteiger partial charge in [0.05, 0.1) is 11.1 Å². The molecule has 1 aromatic carbocycles. The Morgan fingerprint density at radius 3 is 2.84 bits per heavy atom. The molecule has 11 heteroatoms. The number of anilines is 1. The van der Waals surface area contributed by atoms with Crippen molar-refractivity contribution in [3.63, 3.8) is 0 Å². The summed E-state index contributed by atoms with van der Waals surface area (Å²) in [6, 6.07) is 7.90. The number of carbonyl (C=O) groups excluding carboxylic acids is 1. The van der Waals surface area contributed by atoms with Gasteiger partial charge in [-0.1, -0.05) is 17.7 Å². The van der Waals surface area contributed by atoms with Gasteiger partial charge in [-0.25, -0.2) is 4.39 Å². The lowest BCUT2D eigenvalue weighted by atomic mass is 10.0. The maximum atomic E-state index is 13.4. The van der Waals surface area contributed by atoms with Crippen LogP contribution in [0.5, 0.6) is 0 Å². The third-order valence-corrected chi connectivity index (χ3v) is 7.95. The minimum Gasteiger partial charge on any atom is -0.325 e. The summed E-state index contributed by atoms with van der Waals surface area (Å²) in [5, 5.41) is 4.41. The number of carbonyl (C=O) groups is 1. The van der Waals surface area contributed by atoms with Crippen molar-refractivity contribution >= 4 is 44.7 Å². The summed E-state index contributed by atoms with van der Waals surface area (Å²) in [7, 11) is -2.54. The molecular weight excluding hydrogens is 463 g/mol. The van der Waals surface area contributed by atoms with Crippen molar-refractivity contribution in [2.75, 3.05) is 12.4 Å². The molecule has 0 bridgehead atoms. The fourth-order valence-electron chi connectivity index (χ4n) is 3.32. The SMILES string of the molecule is CN1C(C(=O)Nc2ccc(F)c(Cl)c2)CC(c2cc(-c3cccnc3)cs2)NS1(=O)=O. The average molecular weight is 481 g/mol. The maximum absolute atomic E-state index is 13.4. The molecule has 1 saturated heterocycles. The standard InChI is InChI=1S/C20H18ClFN4O3S2/c1-26-18(20(27)24-14-4-5-16(22)15(21)8-14)9-17(25-31(26,28)29)19-7-13(11-30-19)12-3-2-6-23-10-12/h2-8,10-11,17-18,25H,9H2,1H3,(H,24,27). The van der Waals surface area contributed by atoms with Crippen LogP contribution in [0.4, 0.5) is 10.1 Å². The van der Waals surface area contributed by atoms with E-state index in [0.29, 0.717) is 0 Å². The number of aromatic nitrogens is 1. The van der Waals surface area contributed by atoms with Gasteiger partial charge < -0.3 is 5.32 Å². The van der Waals surface area contributed by atoms with Crippen molar-refractivity contribution in [1.29, 1.82) is 0 Å². The Morgan fingerprint density at radius 1 is 1.32 bits per heavy atom. The summed E-state index contributed by atoms with van der Waals surface area (Å²) in [4.78, 5) is 17.8. The van der Waals surface area contributed by atoms with Crippen molar-refractivity contribution in [2.24, 2.45) is 0 Å². The van der Waals surface area contributed by atoms with Gasteiger partial charge in [-0.05, 0) is 47.7 Å². The number of thiophene rings is 1. The minimum absolute atomic E-state index is 0.136. The molecule has 3 aromatic rings. The summed E-state index contributed by atoms with van der Waals surface area (Å²) in [5.41, 5.74) is 2.13. The van der Waals surface area contributed by atoms with Crippen molar-refractivity contribution in [3.05, 3.63) is 69.9 Å². The summed E-state index contributed by atoms with van der Waals surface area (Å²) in [5.74, 6) is -1.13. The van der Waals surface area contributed by atoms with Gasteiger partial charge in [0.2, 0.25) is 5.91 Å². The zero-order chi connectivity index (χ0) is 22.2. The summed E-state index contributed by atoms with van der Waals surface area (Å²) >= 11 is 7.18. The third-order valence-electron chi connectivity index (χ3n) is 5.02. The smallest absolute Gasteiger partial charge is 0.280 e. The molecule has 1 amide bonds. The van der Waals surface area contributed by atoms with Crippen LogP contribution in [-0.2, 0) is 15.0 Å². The Balaban J connectivity index is 1.57. The Bertz CT molecular complexity index is 1220. The van der Waals surface area contributed by atoms with Gasteiger partial charge in [-0.3, -0.25) is 9.78 Å². The fourth-order valence-corrected chi connectivity index (χ4v) is 5.82. The molecule has 1 fully saturated rings. The number of nitrogens with one attached hydrogen (secondary N) is 2. The van der Waals surface area contributed by atoms with Gasteiger partial charge in [0.15, 0.2) is 0 Å². The van der Waals surface area contributed by atoms with E-state index in [0.717, 1.165) is 26.4 Å². The van der Waals surface area contributed by atoms with Crippen LogP contribution in [0, 0.1) is 5.82 Å². The van der Waals surface area contributed by atoms with Crippen molar-refractivity contribution in [2.45, 2.75) is 18.5 Å². The molecule has 2 atom stereocenters. The molecular formula is C20H18ClFN4O3S2. The van der Waals surface area contributed by atoms with E-state index in [4.69, 9.17) is 11.6 Å². The fraction of sp³-hybridized carbons (Fsp3) is 0.200. The van der Waals surface area contributed by atoms with E-state index in [1.54, 1.807) is 12.4 Å². The first-order valence-electron chi connectivity index (χ1n) is 9.24. The average Bonchev–Trinajstić information content (AvgIpc) is 3.23. The van der Waals surface area contributed by atoms with Crippen molar-refractivity contribution < 1.29 is 17.6 Å². The first-order chi connectivity index (χ1) is 14.7. The zero-order valence-corrected chi connectivity index (χ0v) is 18.6. The summed E-state index contributed by atoms with van der Waals surface area (Å²) in [6.45, 7) is 0. The first kappa shape index (κ1) is 21.8. The molecule has 7 nitrogen and oxygen atoms in total. The van der Waals surface area contributed by atoms with Crippen LogP contribution >= 0.6 is 22.9 Å². The summed E-state index contributed by atoms with van der Waals surface area (Å²) < 4.78 is 42.3. The Labute approximate surface area is 188 Å². The quantitative estimate of drug-likeness (QED) is 0.593. The molecule has 0 saturated carbocycles. The molecule has 2 N–H and O–H groups in total. The third kappa shape index (κ3) is 4.63. The van der Waals surface area contributed by atoms with E-state index in [9.17, 15) is 17.6 Å². The molecule has 31 heavy (non-hydrogen) atoms. The highest BCUT2D eigenvalue weighted by atomic mass is 35.5. The van der Waals surface area contributed by atoms with Gasteiger partial charge in [0.25, 0.3) is 10.2 Å². The van der Waals surface area contributed by atoms with Gasteiger partial charge in [0.1, 0.15) is 11.9 Å². The second-order valence-corrected chi connectivity index (χ2v) is 10.2. The largest absolute Gasteiger partial charge is 0.325 e. The van der Waals surface area contributed by atoms with Gasteiger partial charge in [0, 0.05) is 35.6 Å². The first-order valence-corrected chi connectivity index (χ1v) is 11.9. The van der Waals surface area contributed by atoms with Crippen LogP contribution in [0.3, 0.4) is 0 Å².